The summed E-state index contributed by atoms with van der Waals surface area (Å²) in [6.07, 6.45) is -0.773. The second kappa shape index (κ2) is 6.31. The van der Waals surface area contributed by atoms with E-state index in [0.717, 1.165) is 5.39 Å². The number of hydrogen-bond acceptors (Lipinski definition) is 5. The summed E-state index contributed by atoms with van der Waals surface area (Å²) in [5, 5.41) is 6.68. The lowest BCUT2D eigenvalue weighted by molar-refractivity contribution is -0.135. The van der Waals surface area contributed by atoms with E-state index in [1.165, 1.54) is 11.9 Å². The molecule has 0 fully saturated rings. The van der Waals surface area contributed by atoms with Gasteiger partial charge in [0, 0.05) is 22.9 Å². The Bertz CT molecular complexity index is 1090. The number of hydrogen-bond donors (Lipinski definition) is 0. The molecule has 2 heterocycles. The molecule has 130 valence electrons. The lowest BCUT2D eigenvalue weighted by atomic mass is 10.2. The van der Waals surface area contributed by atoms with Crippen molar-refractivity contribution in [1.82, 2.24) is 5.01 Å². The maximum absolute atomic E-state index is 12.3. The van der Waals surface area contributed by atoms with Crippen LogP contribution in [0.2, 0.25) is 5.02 Å². The van der Waals surface area contributed by atoms with E-state index in [4.69, 9.17) is 20.8 Å². The summed E-state index contributed by atoms with van der Waals surface area (Å²) in [5.74, 6) is -0.273. The van der Waals surface area contributed by atoms with Crippen LogP contribution in [-0.2, 0) is 9.53 Å². The summed E-state index contributed by atoms with van der Waals surface area (Å²) in [6, 6.07) is 15.6. The Hall–Kier alpha value is -3.12. The lowest BCUT2D eigenvalue weighted by Gasteiger charge is -2.19. The normalized spacial score (nSPS) is 16.5. The van der Waals surface area contributed by atoms with Crippen molar-refractivity contribution < 1.29 is 13.9 Å². The second-order valence-electron chi connectivity index (χ2n) is 5.78. The molecule has 0 aliphatic carbocycles. The SMILES string of the molecule is CC(=O)N1N=C(c2cc3ccccc3oc2=O)OC1c1ccc(Cl)cc1. The first-order chi connectivity index (χ1) is 12.5. The van der Waals surface area contributed by atoms with Gasteiger partial charge in [-0.05, 0) is 24.3 Å². The fourth-order valence-electron chi connectivity index (χ4n) is 2.73. The van der Waals surface area contributed by atoms with Gasteiger partial charge in [-0.3, -0.25) is 4.79 Å². The quantitative estimate of drug-likeness (QED) is 0.647. The number of halogens is 1. The first-order valence-corrected chi connectivity index (χ1v) is 8.24. The van der Waals surface area contributed by atoms with E-state index < -0.39 is 11.9 Å². The van der Waals surface area contributed by atoms with E-state index in [1.807, 2.05) is 12.1 Å². The number of rotatable bonds is 2. The van der Waals surface area contributed by atoms with E-state index in [9.17, 15) is 9.59 Å². The van der Waals surface area contributed by atoms with Gasteiger partial charge in [-0.15, -0.1) is 5.10 Å². The molecule has 6 nitrogen and oxygen atoms in total. The second-order valence-corrected chi connectivity index (χ2v) is 6.21. The summed E-state index contributed by atoms with van der Waals surface area (Å²) in [7, 11) is 0. The van der Waals surface area contributed by atoms with Gasteiger partial charge in [-0.2, -0.15) is 5.01 Å². The molecule has 0 saturated carbocycles. The van der Waals surface area contributed by atoms with Crippen molar-refractivity contribution >= 4 is 34.4 Å². The van der Waals surface area contributed by atoms with Crippen LogP contribution in [0.15, 0.2) is 68.9 Å². The third kappa shape index (κ3) is 2.84. The zero-order chi connectivity index (χ0) is 18.3. The van der Waals surface area contributed by atoms with Gasteiger partial charge in [0.25, 0.3) is 0 Å². The highest BCUT2D eigenvalue weighted by molar-refractivity contribution is 6.30. The van der Waals surface area contributed by atoms with Gasteiger partial charge >= 0.3 is 5.63 Å². The van der Waals surface area contributed by atoms with Crippen molar-refractivity contribution in [2.45, 2.75) is 13.2 Å². The summed E-state index contributed by atoms with van der Waals surface area (Å²) < 4.78 is 11.1. The van der Waals surface area contributed by atoms with Crippen LogP contribution in [0, 0.1) is 0 Å². The van der Waals surface area contributed by atoms with Crippen molar-refractivity contribution in [2.24, 2.45) is 5.10 Å². The molecule has 1 aliphatic rings. The molecule has 1 amide bonds. The lowest BCUT2D eigenvalue weighted by Crippen LogP contribution is -2.25. The molecule has 0 spiro atoms. The molecule has 0 saturated heterocycles. The highest BCUT2D eigenvalue weighted by atomic mass is 35.5. The van der Waals surface area contributed by atoms with Crippen LogP contribution in [0.1, 0.15) is 24.3 Å². The molecule has 0 radical (unpaired) electrons. The Labute approximate surface area is 153 Å². The highest BCUT2D eigenvalue weighted by Gasteiger charge is 2.34. The number of ether oxygens (including phenoxy) is 1. The number of carbonyl (C=O) groups is 1. The molecule has 2 aromatic carbocycles. The summed E-state index contributed by atoms with van der Waals surface area (Å²) >= 11 is 5.91. The van der Waals surface area contributed by atoms with Crippen LogP contribution < -0.4 is 5.63 Å². The molecular weight excluding hydrogens is 356 g/mol. The number of nitrogens with zero attached hydrogens (tertiary/aromatic N) is 2. The number of benzene rings is 2. The Balaban J connectivity index is 1.77. The fourth-order valence-corrected chi connectivity index (χ4v) is 2.86. The largest absolute Gasteiger partial charge is 0.445 e. The Morgan fingerprint density at radius 1 is 1.15 bits per heavy atom. The minimum atomic E-state index is -0.773. The molecule has 4 rings (SSSR count). The zero-order valence-electron chi connectivity index (χ0n) is 13.7. The molecule has 0 bridgehead atoms. The van der Waals surface area contributed by atoms with Crippen molar-refractivity contribution in [3.05, 3.63) is 81.2 Å². The molecule has 1 aromatic heterocycles. The predicted molar refractivity (Wildman–Crippen MR) is 96.8 cm³/mol. The number of amides is 1. The molecule has 0 N–H and O–H groups in total. The summed E-state index contributed by atoms with van der Waals surface area (Å²) in [5.41, 5.74) is 0.736. The van der Waals surface area contributed by atoms with Crippen molar-refractivity contribution in [3.8, 4) is 0 Å². The van der Waals surface area contributed by atoms with E-state index in [1.54, 1.807) is 42.5 Å². The summed E-state index contributed by atoms with van der Waals surface area (Å²) in [4.78, 5) is 24.3. The van der Waals surface area contributed by atoms with Gasteiger partial charge in [0.1, 0.15) is 11.1 Å². The van der Waals surface area contributed by atoms with Crippen LogP contribution in [0.3, 0.4) is 0 Å². The Morgan fingerprint density at radius 3 is 2.62 bits per heavy atom. The van der Waals surface area contributed by atoms with Crippen LogP contribution in [0.5, 0.6) is 0 Å². The number of fused-ring (bicyclic) bond motifs is 1. The maximum Gasteiger partial charge on any atom is 0.349 e. The van der Waals surface area contributed by atoms with E-state index in [0.29, 0.717) is 16.2 Å². The molecule has 26 heavy (non-hydrogen) atoms. The molecule has 1 unspecified atom stereocenters. The van der Waals surface area contributed by atoms with Crippen LogP contribution in [0.4, 0.5) is 0 Å². The topological polar surface area (TPSA) is 72.1 Å². The van der Waals surface area contributed by atoms with E-state index >= 15 is 0 Å². The van der Waals surface area contributed by atoms with Gasteiger partial charge < -0.3 is 9.15 Å². The smallest absolute Gasteiger partial charge is 0.349 e. The van der Waals surface area contributed by atoms with Crippen molar-refractivity contribution in [2.75, 3.05) is 0 Å². The van der Waals surface area contributed by atoms with Crippen molar-refractivity contribution in [1.29, 1.82) is 0 Å². The minimum absolute atomic E-state index is 0.0413. The van der Waals surface area contributed by atoms with Gasteiger partial charge in [-0.1, -0.05) is 41.9 Å². The fraction of sp³-hybridized carbons (Fsp3) is 0.105. The van der Waals surface area contributed by atoms with Crippen LogP contribution >= 0.6 is 11.6 Å². The van der Waals surface area contributed by atoms with Gasteiger partial charge in [0.05, 0.1) is 0 Å². The van der Waals surface area contributed by atoms with E-state index in [-0.39, 0.29) is 17.4 Å². The Kier molecular flexibility index (Phi) is 3.97. The first-order valence-electron chi connectivity index (χ1n) is 7.87. The first kappa shape index (κ1) is 16.4. The average molecular weight is 369 g/mol. The monoisotopic (exact) mass is 368 g/mol. The van der Waals surface area contributed by atoms with Gasteiger partial charge in [0.2, 0.25) is 18.0 Å². The predicted octanol–water partition coefficient (Wildman–Crippen LogP) is 3.69. The van der Waals surface area contributed by atoms with E-state index in [2.05, 4.69) is 5.10 Å². The standard InChI is InChI=1S/C19H13ClN2O4/c1-11(23)22-18(12-6-8-14(20)9-7-12)26-17(21-22)15-10-13-4-2-3-5-16(13)25-19(15)24/h2-10,18H,1H3. The molecule has 1 atom stereocenters. The maximum atomic E-state index is 12.3. The molecule has 7 heteroatoms. The summed E-state index contributed by atoms with van der Waals surface area (Å²) in [6.45, 7) is 1.38. The zero-order valence-corrected chi connectivity index (χ0v) is 14.4. The third-order valence-electron chi connectivity index (χ3n) is 3.99. The van der Waals surface area contributed by atoms with Crippen LogP contribution in [0.25, 0.3) is 11.0 Å². The molecule has 1 aliphatic heterocycles. The molecular formula is C19H13ClN2O4. The number of para-hydroxylation sites is 1. The Morgan fingerprint density at radius 2 is 1.88 bits per heavy atom. The van der Waals surface area contributed by atoms with Gasteiger partial charge in [0.15, 0.2) is 0 Å². The average Bonchev–Trinajstić information content (AvgIpc) is 3.07. The third-order valence-corrected chi connectivity index (χ3v) is 4.25. The van der Waals surface area contributed by atoms with Crippen molar-refractivity contribution in [3.63, 3.8) is 0 Å². The minimum Gasteiger partial charge on any atom is -0.445 e. The van der Waals surface area contributed by atoms with Crippen LogP contribution in [-0.4, -0.2) is 16.8 Å². The number of hydrazone groups is 1. The highest BCUT2D eigenvalue weighted by Crippen LogP contribution is 2.30. The van der Waals surface area contributed by atoms with Gasteiger partial charge in [-0.25, -0.2) is 4.79 Å². The number of carbonyl (C=O) groups excluding carboxylic acids is 1. The molecule has 3 aromatic rings.